The van der Waals surface area contributed by atoms with Crippen molar-refractivity contribution < 1.29 is 27.2 Å². The Morgan fingerprint density at radius 2 is 1.88 bits per heavy atom. The second-order valence-electron chi connectivity index (χ2n) is 7.30. The summed E-state index contributed by atoms with van der Waals surface area (Å²) in [6.07, 6.45) is 3.51. The Balaban J connectivity index is 0.000000258. The summed E-state index contributed by atoms with van der Waals surface area (Å²) in [4.78, 5) is 32.3. The summed E-state index contributed by atoms with van der Waals surface area (Å²) in [6, 6.07) is 6.29. The molecule has 0 saturated carbocycles. The number of anilines is 3. The number of fused-ring (bicyclic) bond motifs is 4. The van der Waals surface area contributed by atoms with Crippen molar-refractivity contribution in [1.29, 1.82) is 0 Å². The van der Waals surface area contributed by atoms with E-state index < -0.39 is 12.5 Å². The van der Waals surface area contributed by atoms with E-state index in [-0.39, 0.29) is 0 Å². The molecule has 8 nitrogen and oxygen atoms in total. The van der Waals surface area contributed by atoms with Crippen molar-refractivity contribution in [2.45, 2.75) is 39.9 Å². The number of carbonyl (C=O) groups excluding carboxylic acids is 2. The van der Waals surface area contributed by atoms with Gasteiger partial charge in [-0.3, -0.25) is 9.59 Å². The topological polar surface area (TPSA) is 90.5 Å². The monoisotopic (exact) mass is 486 g/mol. The minimum Gasteiger partial charge on any atom is -0.366 e. The molecule has 0 aliphatic carbocycles. The molecule has 1 saturated heterocycles. The standard InChI is InChI=1S/C11H15N3.C7H7FN2O.C3H7NO.CHF3/c1-8-3-4-10-11(12-8)13(2)9-5-6-14(10)7-9;1-5-2-6(8)3-9-7(5)10-4-11;1-2-4-3-5;2-1(3)4/h3-4,9H,5-7H2,1-2H3;2-4H,1H3,(H,9,10,11);3H,2H2,1H3,(H,4,5);1H. The van der Waals surface area contributed by atoms with Crippen LogP contribution in [0.3, 0.4) is 0 Å². The second kappa shape index (κ2) is 14.7. The molecule has 12 heteroatoms. The normalized spacial score (nSPS) is 14.9. The fourth-order valence-electron chi connectivity index (χ4n) is 3.32. The summed E-state index contributed by atoms with van der Waals surface area (Å²) in [5.74, 6) is 1.15. The molecule has 1 unspecified atom stereocenters. The van der Waals surface area contributed by atoms with Gasteiger partial charge < -0.3 is 20.4 Å². The number of nitrogens with one attached hydrogen (secondary N) is 2. The van der Waals surface area contributed by atoms with Crippen LogP contribution in [0.25, 0.3) is 0 Å². The van der Waals surface area contributed by atoms with Crippen LogP contribution in [0.4, 0.5) is 34.9 Å². The minimum absolute atomic E-state index is 0.390. The predicted octanol–water partition coefficient (Wildman–Crippen LogP) is 3.45. The first-order chi connectivity index (χ1) is 16.1. The fourth-order valence-corrected chi connectivity index (χ4v) is 3.32. The van der Waals surface area contributed by atoms with Gasteiger partial charge in [-0.25, -0.2) is 14.4 Å². The molecule has 2 N–H and O–H groups in total. The number of hydrogen-bond donors (Lipinski definition) is 2. The molecule has 0 aromatic carbocycles. The highest BCUT2D eigenvalue weighted by atomic mass is 19.4. The molecule has 4 rings (SSSR count). The van der Waals surface area contributed by atoms with Crippen LogP contribution < -0.4 is 20.4 Å². The Hall–Kier alpha value is -3.44. The van der Waals surface area contributed by atoms with Crippen LogP contribution in [0.2, 0.25) is 0 Å². The van der Waals surface area contributed by atoms with Gasteiger partial charge in [0.1, 0.15) is 11.6 Å². The number of halogens is 4. The highest BCUT2D eigenvalue weighted by molar-refractivity contribution is 5.71. The van der Waals surface area contributed by atoms with Gasteiger partial charge in [-0.1, -0.05) is 0 Å². The lowest BCUT2D eigenvalue weighted by Crippen LogP contribution is -2.40. The zero-order valence-electron chi connectivity index (χ0n) is 19.6. The van der Waals surface area contributed by atoms with Gasteiger partial charge in [-0.2, -0.15) is 13.2 Å². The third kappa shape index (κ3) is 9.20. The van der Waals surface area contributed by atoms with Crippen molar-refractivity contribution in [2.75, 3.05) is 41.8 Å². The van der Waals surface area contributed by atoms with Crippen LogP contribution in [0.1, 0.15) is 24.6 Å². The highest BCUT2D eigenvalue weighted by Gasteiger charge is 2.34. The van der Waals surface area contributed by atoms with Crippen LogP contribution in [-0.2, 0) is 9.59 Å². The van der Waals surface area contributed by atoms with E-state index in [1.807, 2.05) is 6.92 Å². The molecular weight excluding hydrogens is 456 g/mol. The van der Waals surface area contributed by atoms with Gasteiger partial charge in [0.05, 0.1) is 11.9 Å². The maximum absolute atomic E-state index is 12.4. The lowest BCUT2D eigenvalue weighted by Gasteiger charge is -2.34. The molecule has 4 heterocycles. The first kappa shape index (κ1) is 28.6. The molecule has 0 radical (unpaired) electrons. The summed E-state index contributed by atoms with van der Waals surface area (Å²) in [7, 11) is 2.17. The van der Waals surface area contributed by atoms with E-state index in [2.05, 4.69) is 56.5 Å². The smallest absolute Gasteiger partial charge is 0.366 e. The van der Waals surface area contributed by atoms with E-state index in [0.717, 1.165) is 18.4 Å². The van der Waals surface area contributed by atoms with Gasteiger partial charge in [-0.05, 0) is 51.0 Å². The molecule has 1 atom stereocenters. The summed E-state index contributed by atoms with van der Waals surface area (Å²) < 4.78 is 41.4. The highest BCUT2D eigenvalue weighted by Crippen LogP contribution is 2.37. The molecule has 1 fully saturated rings. The summed E-state index contributed by atoms with van der Waals surface area (Å²) in [6.45, 7) is 5.01. The number of likely N-dealkylation sites (N-methyl/N-ethyl adjacent to an activating group) is 1. The molecular formula is C22H30F4N6O2. The Bertz CT molecular complexity index is 916. The van der Waals surface area contributed by atoms with E-state index in [1.165, 1.54) is 37.1 Å². The molecule has 188 valence electrons. The van der Waals surface area contributed by atoms with Crippen LogP contribution in [0.5, 0.6) is 0 Å². The van der Waals surface area contributed by atoms with Crippen LogP contribution in [0, 0.1) is 19.7 Å². The van der Waals surface area contributed by atoms with Gasteiger partial charge in [0.25, 0.3) is 0 Å². The zero-order valence-corrected chi connectivity index (χ0v) is 19.6. The lowest BCUT2D eigenvalue weighted by molar-refractivity contribution is -0.109. The van der Waals surface area contributed by atoms with Crippen molar-refractivity contribution in [3.63, 3.8) is 0 Å². The molecule has 2 bridgehead atoms. The lowest BCUT2D eigenvalue weighted by atomic mass is 10.2. The van der Waals surface area contributed by atoms with Crippen LogP contribution in [-0.4, -0.2) is 62.2 Å². The van der Waals surface area contributed by atoms with E-state index in [4.69, 9.17) is 0 Å². The third-order valence-corrected chi connectivity index (χ3v) is 4.91. The van der Waals surface area contributed by atoms with Gasteiger partial charge in [-0.15, -0.1) is 0 Å². The number of carbonyl (C=O) groups is 2. The second-order valence-corrected chi connectivity index (χ2v) is 7.30. The summed E-state index contributed by atoms with van der Waals surface area (Å²) in [5, 5.41) is 4.78. The van der Waals surface area contributed by atoms with Crippen molar-refractivity contribution in [1.82, 2.24) is 15.3 Å². The maximum Gasteiger partial charge on any atom is 0.379 e. The Morgan fingerprint density at radius 1 is 1.21 bits per heavy atom. The molecule has 2 aliphatic rings. The number of alkyl halides is 3. The molecule has 2 aliphatic heterocycles. The number of aromatic nitrogens is 2. The van der Waals surface area contributed by atoms with Gasteiger partial charge >= 0.3 is 6.68 Å². The van der Waals surface area contributed by atoms with Crippen molar-refractivity contribution in [3.05, 3.63) is 41.5 Å². The van der Waals surface area contributed by atoms with Crippen molar-refractivity contribution in [3.8, 4) is 0 Å². The Morgan fingerprint density at radius 3 is 2.41 bits per heavy atom. The molecule has 0 spiro atoms. The van der Waals surface area contributed by atoms with E-state index in [0.29, 0.717) is 30.2 Å². The zero-order chi connectivity index (χ0) is 25.7. The van der Waals surface area contributed by atoms with Crippen LogP contribution in [0.15, 0.2) is 24.4 Å². The van der Waals surface area contributed by atoms with E-state index >= 15 is 0 Å². The van der Waals surface area contributed by atoms with Gasteiger partial charge in [0.2, 0.25) is 12.8 Å². The van der Waals surface area contributed by atoms with Crippen molar-refractivity contribution in [2.24, 2.45) is 0 Å². The van der Waals surface area contributed by atoms with Gasteiger partial charge in [0.15, 0.2) is 5.82 Å². The first-order valence-electron chi connectivity index (χ1n) is 10.5. The number of hydrogen-bond acceptors (Lipinski definition) is 6. The average molecular weight is 487 g/mol. The summed E-state index contributed by atoms with van der Waals surface area (Å²) in [5.41, 5.74) is 3.03. The molecule has 34 heavy (non-hydrogen) atoms. The van der Waals surface area contributed by atoms with E-state index in [9.17, 15) is 27.2 Å². The Kier molecular flexibility index (Phi) is 12.3. The van der Waals surface area contributed by atoms with Crippen LogP contribution >= 0.6 is 0 Å². The Labute approximate surface area is 196 Å². The minimum atomic E-state index is -3.67. The number of amides is 2. The largest absolute Gasteiger partial charge is 0.379 e. The van der Waals surface area contributed by atoms with Crippen molar-refractivity contribution >= 4 is 30.1 Å². The predicted molar refractivity (Wildman–Crippen MR) is 123 cm³/mol. The quantitative estimate of drug-likeness (QED) is 0.508. The fraction of sp³-hybridized carbons (Fsp3) is 0.455. The molecule has 2 aromatic rings. The van der Waals surface area contributed by atoms with Gasteiger partial charge in [0, 0.05) is 38.4 Å². The number of rotatable bonds is 4. The molecule has 2 amide bonds. The van der Waals surface area contributed by atoms with E-state index in [1.54, 1.807) is 6.92 Å². The summed E-state index contributed by atoms with van der Waals surface area (Å²) >= 11 is 0. The average Bonchev–Trinajstić information content (AvgIpc) is 3.22. The maximum atomic E-state index is 12.4. The number of aryl methyl sites for hydroxylation is 2. The third-order valence-electron chi connectivity index (χ3n) is 4.91. The molecule has 2 aromatic heterocycles. The number of nitrogens with zero attached hydrogens (tertiary/aromatic N) is 4. The first-order valence-corrected chi connectivity index (χ1v) is 10.5. The SMILES string of the molecule is CCNC=O.Cc1cc(F)cnc1NC=O.Cc1ccc2c(n1)N(C)C1CCN2C1.FC(F)F. The number of pyridine rings is 2.